The van der Waals surface area contributed by atoms with Gasteiger partial charge in [-0.25, -0.2) is 4.79 Å². The Balaban J connectivity index is 2.08. The van der Waals surface area contributed by atoms with Crippen LogP contribution in [0.4, 0.5) is 31.1 Å². The Morgan fingerprint density at radius 1 is 0.889 bits per heavy atom. The molecular formula is C32H42F6N2O5. The number of carbonyl (C=O) groups is 2. The number of alkyl halides is 6. The van der Waals surface area contributed by atoms with Gasteiger partial charge in [-0.2, -0.15) is 26.3 Å². The molecule has 2 rings (SSSR count). The van der Waals surface area contributed by atoms with E-state index < -0.39 is 35.6 Å². The molecule has 3 amide bonds. The smallest absolute Gasteiger partial charge is 0.430 e. The molecule has 0 aliphatic rings. The fourth-order valence-corrected chi connectivity index (χ4v) is 4.73. The predicted molar refractivity (Wildman–Crippen MR) is 157 cm³/mol. The van der Waals surface area contributed by atoms with Gasteiger partial charge in [0.1, 0.15) is 11.5 Å². The Morgan fingerprint density at radius 3 is 1.91 bits per heavy atom. The summed E-state index contributed by atoms with van der Waals surface area (Å²) in [6, 6.07) is 7.65. The van der Waals surface area contributed by atoms with Crippen LogP contribution in [0.25, 0.3) is 0 Å². The first kappa shape index (κ1) is 37.7. The first-order valence-electron chi connectivity index (χ1n) is 15.0. The number of aliphatic hydroxyl groups is 1. The highest BCUT2D eigenvalue weighted by atomic mass is 19.4. The van der Waals surface area contributed by atoms with Crippen molar-refractivity contribution in [2.45, 2.75) is 96.6 Å². The molecule has 7 nitrogen and oxygen atoms in total. The number of aryl methyl sites for hydroxylation is 2. The molecule has 0 aromatic heterocycles. The molecule has 2 aromatic carbocycles. The van der Waals surface area contributed by atoms with Gasteiger partial charge in [0.2, 0.25) is 6.41 Å². The molecular weight excluding hydrogens is 606 g/mol. The first-order chi connectivity index (χ1) is 21.1. The third-order valence-electron chi connectivity index (χ3n) is 7.14. The fraction of sp³-hybridized carbons (Fsp3) is 0.562. The number of rotatable bonds is 17. The molecule has 2 aromatic rings. The average Bonchev–Trinajstić information content (AvgIpc) is 2.97. The number of benzene rings is 2. The second-order valence-electron chi connectivity index (χ2n) is 10.8. The van der Waals surface area contributed by atoms with E-state index in [1.54, 1.807) is 32.9 Å². The van der Waals surface area contributed by atoms with Crippen LogP contribution in [0.1, 0.15) is 88.1 Å². The van der Waals surface area contributed by atoms with Crippen molar-refractivity contribution in [1.82, 2.24) is 10.2 Å². The monoisotopic (exact) mass is 648 g/mol. The van der Waals surface area contributed by atoms with Gasteiger partial charge in [0, 0.05) is 12.1 Å². The van der Waals surface area contributed by atoms with E-state index in [1.807, 2.05) is 19.1 Å². The number of nitrogens with zero attached hydrogens (tertiary/aromatic N) is 1. The maximum absolute atomic E-state index is 13.6. The molecule has 252 valence electrons. The molecule has 0 aliphatic heterocycles. The number of nitrogens with one attached hydrogen (secondary N) is 1. The van der Waals surface area contributed by atoms with Crippen molar-refractivity contribution in [3.63, 3.8) is 0 Å². The van der Waals surface area contributed by atoms with E-state index in [-0.39, 0.29) is 42.9 Å². The highest BCUT2D eigenvalue weighted by Gasteiger charge is 2.71. The molecule has 0 radical (unpaired) electrons. The largest absolute Gasteiger partial charge is 0.494 e. The second-order valence-corrected chi connectivity index (χ2v) is 10.8. The summed E-state index contributed by atoms with van der Waals surface area (Å²) in [6.45, 7) is 7.88. The van der Waals surface area contributed by atoms with Gasteiger partial charge in [0.05, 0.1) is 19.3 Å². The number of unbranched alkanes of at least 4 members (excludes halogenated alkanes) is 1. The minimum absolute atomic E-state index is 0.0345. The molecule has 0 saturated heterocycles. The summed E-state index contributed by atoms with van der Waals surface area (Å²) in [6.07, 6.45) is -9.00. The van der Waals surface area contributed by atoms with Crippen LogP contribution in [0.2, 0.25) is 0 Å². The Morgan fingerprint density at radius 2 is 1.44 bits per heavy atom. The van der Waals surface area contributed by atoms with Crippen LogP contribution in [0.15, 0.2) is 36.4 Å². The standard InChI is InChI=1S/C32H42F6N2O5/c1-5-10-24-19-26(30(43,31(33,34)35)32(36,37)38)20-25(11-6-2)28(24)45-18-9-8-16-40(21-41)29(42)39-22(4)23-12-14-27(15-13-23)44-17-7-3/h12-15,19-22,43H,5-11,16-18H2,1-4H3,(H,39,42). The highest BCUT2D eigenvalue weighted by Crippen LogP contribution is 2.51. The van der Waals surface area contributed by atoms with Crippen LogP contribution in [0, 0.1) is 0 Å². The lowest BCUT2D eigenvalue weighted by Crippen LogP contribution is -2.54. The van der Waals surface area contributed by atoms with Gasteiger partial charge in [-0.1, -0.05) is 45.7 Å². The van der Waals surface area contributed by atoms with Crippen molar-refractivity contribution in [3.05, 3.63) is 58.7 Å². The third-order valence-corrected chi connectivity index (χ3v) is 7.14. The van der Waals surface area contributed by atoms with E-state index in [0.29, 0.717) is 56.6 Å². The van der Waals surface area contributed by atoms with Crippen molar-refractivity contribution in [2.75, 3.05) is 19.8 Å². The van der Waals surface area contributed by atoms with Gasteiger partial charge in [-0.3, -0.25) is 9.69 Å². The van der Waals surface area contributed by atoms with Crippen LogP contribution >= 0.6 is 0 Å². The van der Waals surface area contributed by atoms with E-state index in [2.05, 4.69) is 5.32 Å². The molecule has 0 bridgehead atoms. The molecule has 13 heteroatoms. The Bertz CT molecular complexity index is 1190. The number of hydrogen-bond donors (Lipinski definition) is 2. The zero-order valence-corrected chi connectivity index (χ0v) is 26.0. The first-order valence-corrected chi connectivity index (χ1v) is 15.0. The maximum atomic E-state index is 13.6. The van der Waals surface area contributed by atoms with E-state index in [0.717, 1.165) is 16.9 Å². The van der Waals surface area contributed by atoms with Crippen molar-refractivity contribution in [2.24, 2.45) is 0 Å². The molecule has 2 N–H and O–H groups in total. The quantitative estimate of drug-likeness (QED) is 0.104. The molecule has 45 heavy (non-hydrogen) atoms. The van der Waals surface area contributed by atoms with Gasteiger partial charge < -0.3 is 19.9 Å². The Kier molecular flexibility index (Phi) is 14.0. The van der Waals surface area contributed by atoms with E-state index >= 15 is 0 Å². The van der Waals surface area contributed by atoms with Gasteiger partial charge in [0.25, 0.3) is 5.60 Å². The number of hydrogen-bond acceptors (Lipinski definition) is 5. The molecule has 0 heterocycles. The summed E-state index contributed by atoms with van der Waals surface area (Å²) < 4.78 is 93.1. The second kappa shape index (κ2) is 16.7. The fourth-order valence-electron chi connectivity index (χ4n) is 4.73. The number of carbonyl (C=O) groups excluding carboxylic acids is 2. The van der Waals surface area contributed by atoms with Gasteiger partial charge in [-0.05, 0) is 80.0 Å². The van der Waals surface area contributed by atoms with Crippen LogP contribution in [-0.4, -0.2) is 54.6 Å². The Labute approximate surface area is 259 Å². The molecule has 1 atom stereocenters. The van der Waals surface area contributed by atoms with Crippen molar-refractivity contribution in [3.8, 4) is 11.5 Å². The zero-order chi connectivity index (χ0) is 33.8. The van der Waals surface area contributed by atoms with Crippen LogP contribution in [0.5, 0.6) is 11.5 Å². The van der Waals surface area contributed by atoms with Gasteiger partial charge in [-0.15, -0.1) is 0 Å². The molecule has 0 spiro atoms. The van der Waals surface area contributed by atoms with Crippen LogP contribution in [0.3, 0.4) is 0 Å². The van der Waals surface area contributed by atoms with Crippen molar-refractivity contribution < 1.29 is 50.5 Å². The SMILES string of the molecule is CCCOc1ccc(C(C)NC(=O)N(C=O)CCCCOc2c(CCC)cc(C(O)(C(F)(F)F)C(F)(F)F)cc2CCC)cc1. The minimum Gasteiger partial charge on any atom is -0.494 e. The zero-order valence-electron chi connectivity index (χ0n) is 26.0. The molecule has 0 aliphatic carbocycles. The van der Waals surface area contributed by atoms with E-state index in [9.17, 15) is 41.0 Å². The number of ether oxygens (including phenoxy) is 2. The molecule has 1 unspecified atom stereocenters. The maximum Gasteiger partial charge on any atom is 0.430 e. The third kappa shape index (κ3) is 9.75. The van der Waals surface area contributed by atoms with Crippen LogP contribution < -0.4 is 14.8 Å². The van der Waals surface area contributed by atoms with Gasteiger partial charge in [0.15, 0.2) is 0 Å². The number of halogens is 6. The highest BCUT2D eigenvalue weighted by molar-refractivity contribution is 5.84. The topological polar surface area (TPSA) is 88.1 Å². The molecule has 0 saturated carbocycles. The molecule has 0 fully saturated rings. The summed E-state index contributed by atoms with van der Waals surface area (Å²) >= 11 is 0. The lowest BCUT2D eigenvalue weighted by atomic mass is 9.87. The average molecular weight is 649 g/mol. The lowest BCUT2D eigenvalue weighted by Gasteiger charge is -2.33. The summed E-state index contributed by atoms with van der Waals surface area (Å²) in [5.74, 6) is 0.888. The summed E-state index contributed by atoms with van der Waals surface area (Å²) in [5.41, 5.74) is -5.28. The number of urea groups is 1. The lowest BCUT2D eigenvalue weighted by molar-refractivity contribution is -0.376. The normalized spacial score (nSPS) is 12.9. The Hall–Kier alpha value is -3.48. The summed E-state index contributed by atoms with van der Waals surface area (Å²) in [7, 11) is 0. The predicted octanol–water partition coefficient (Wildman–Crippen LogP) is 7.78. The number of amides is 3. The van der Waals surface area contributed by atoms with Crippen molar-refractivity contribution >= 4 is 12.4 Å². The summed E-state index contributed by atoms with van der Waals surface area (Å²) in [5, 5.41) is 12.8. The van der Waals surface area contributed by atoms with Gasteiger partial charge >= 0.3 is 18.4 Å². The van der Waals surface area contributed by atoms with Crippen LogP contribution in [-0.2, 0) is 23.2 Å². The minimum atomic E-state index is -6.00. The van der Waals surface area contributed by atoms with E-state index in [1.165, 1.54) is 0 Å². The van der Waals surface area contributed by atoms with E-state index in [4.69, 9.17) is 9.47 Å². The summed E-state index contributed by atoms with van der Waals surface area (Å²) in [4.78, 5) is 25.3. The number of imide groups is 1. The van der Waals surface area contributed by atoms with Crippen molar-refractivity contribution in [1.29, 1.82) is 0 Å².